The molecule has 102 valence electrons. The molecule has 3 heterocycles. The molecule has 1 aliphatic rings. The average molecular weight is 270 g/mol. The van der Waals surface area contributed by atoms with Crippen LogP contribution in [0.25, 0.3) is 5.65 Å². The number of nitrogens with one attached hydrogen (secondary N) is 1. The van der Waals surface area contributed by atoms with Crippen molar-refractivity contribution in [1.82, 2.24) is 19.9 Å². The van der Waals surface area contributed by atoms with E-state index < -0.39 is 0 Å². The summed E-state index contributed by atoms with van der Waals surface area (Å²) in [7, 11) is 0. The molecule has 1 amide bonds. The van der Waals surface area contributed by atoms with Crippen molar-refractivity contribution < 1.29 is 4.79 Å². The third kappa shape index (κ3) is 2.16. The molecule has 0 unspecified atom stereocenters. The number of carbonyl (C=O) groups excluding carboxylic acids is 1. The van der Waals surface area contributed by atoms with E-state index in [0.29, 0.717) is 11.2 Å². The zero-order valence-corrected chi connectivity index (χ0v) is 10.9. The Kier molecular flexibility index (Phi) is 3.21. The molecule has 1 fully saturated rings. The first kappa shape index (κ1) is 12.4. The van der Waals surface area contributed by atoms with E-state index in [0.717, 1.165) is 18.9 Å². The lowest BCUT2D eigenvalue weighted by Gasteiger charge is -2.16. The molecule has 20 heavy (non-hydrogen) atoms. The Morgan fingerprint density at radius 2 is 2.25 bits per heavy atom. The minimum atomic E-state index is -0.326. The van der Waals surface area contributed by atoms with Gasteiger partial charge in [-0.15, -0.1) is 0 Å². The monoisotopic (exact) mass is 270 g/mol. The van der Waals surface area contributed by atoms with Crippen LogP contribution in [0.15, 0.2) is 18.5 Å². The molecule has 7 heteroatoms. The molecule has 2 aromatic heterocycles. The number of amides is 1. The predicted octanol–water partition coefficient (Wildman–Crippen LogP) is 0.583. The van der Waals surface area contributed by atoms with Crippen LogP contribution in [-0.2, 0) is 0 Å². The third-order valence-corrected chi connectivity index (χ3v) is 3.36. The highest BCUT2D eigenvalue weighted by Crippen LogP contribution is 2.19. The van der Waals surface area contributed by atoms with Crippen LogP contribution in [-0.4, -0.2) is 40.1 Å². The second-order valence-corrected chi connectivity index (χ2v) is 4.65. The van der Waals surface area contributed by atoms with Crippen molar-refractivity contribution in [2.45, 2.75) is 12.8 Å². The van der Waals surface area contributed by atoms with Gasteiger partial charge in [0.1, 0.15) is 17.9 Å². The molecule has 1 N–H and O–H groups in total. The van der Waals surface area contributed by atoms with Crippen LogP contribution < -0.4 is 10.2 Å². The van der Waals surface area contributed by atoms with E-state index in [-0.39, 0.29) is 12.5 Å². The number of anilines is 1. The summed E-state index contributed by atoms with van der Waals surface area (Å²) in [5.41, 5.74) is 0.908. The summed E-state index contributed by atoms with van der Waals surface area (Å²) in [4.78, 5) is 18.7. The van der Waals surface area contributed by atoms with Gasteiger partial charge >= 0.3 is 0 Å². The fourth-order valence-electron chi connectivity index (χ4n) is 2.36. The van der Waals surface area contributed by atoms with Crippen molar-refractivity contribution in [3.63, 3.8) is 0 Å². The molecule has 0 saturated carbocycles. The van der Waals surface area contributed by atoms with E-state index >= 15 is 0 Å². The molecular formula is C13H14N6O. The number of hydrogen-bond acceptors (Lipinski definition) is 5. The lowest BCUT2D eigenvalue weighted by molar-refractivity contribution is 0.0960. The molecule has 1 saturated heterocycles. The molecule has 0 radical (unpaired) electrons. The molecule has 7 nitrogen and oxygen atoms in total. The van der Waals surface area contributed by atoms with E-state index in [2.05, 4.69) is 20.3 Å². The fourth-order valence-corrected chi connectivity index (χ4v) is 2.36. The van der Waals surface area contributed by atoms with Gasteiger partial charge in [-0.25, -0.2) is 9.50 Å². The van der Waals surface area contributed by atoms with Crippen molar-refractivity contribution >= 4 is 17.4 Å². The minimum absolute atomic E-state index is 0.0258. The van der Waals surface area contributed by atoms with E-state index in [1.165, 1.54) is 19.0 Å². The number of nitriles is 1. The van der Waals surface area contributed by atoms with Gasteiger partial charge in [0.05, 0.1) is 12.3 Å². The standard InChI is InChI=1S/C13H14N6O/c14-4-5-15-13(20)10-9-16-19-8-3-11(17-12(10)19)18-6-1-2-7-18/h3,8-9H,1-2,5-7H2,(H,15,20). The van der Waals surface area contributed by atoms with Gasteiger partial charge in [0.15, 0.2) is 5.65 Å². The highest BCUT2D eigenvalue weighted by Gasteiger charge is 2.17. The summed E-state index contributed by atoms with van der Waals surface area (Å²) in [5, 5.41) is 15.1. The maximum absolute atomic E-state index is 11.9. The Balaban J connectivity index is 1.95. The smallest absolute Gasteiger partial charge is 0.257 e. The van der Waals surface area contributed by atoms with Gasteiger partial charge in [-0.3, -0.25) is 4.79 Å². The summed E-state index contributed by atoms with van der Waals surface area (Å²) in [6, 6.07) is 3.78. The zero-order chi connectivity index (χ0) is 13.9. The molecule has 0 bridgehead atoms. The van der Waals surface area contributed by atoms with Crippen molar-refractivity contribution in [2.24, 2.45) is 0 Å². The molecule has 2 aromatic rings. The Labute approximate surface area is 115 Å². The lowest BCUT2D eigenvalue weighted by Crippen LogP contribution is -2.24. The van der Waals surface area contributed by atoms with Crippen LogP contribution >= 0.6 is 0 Å². The first-order chi connectivity index (χ1) is 9.79. The topological polar surface area (TPSA) is 86.3 Å². The number of carbonyl (C=O) groups is 1. The molecule has 3 rings (SSSR count). The molecule has 0 aromatic carbocycles. The number of fused-ring (bicyclic) bond motifs is 1. The van der Waals surface area contributed by atoms with Crippen LogP contribution in [0.4, 0.5) is 5.82 Å². The quantitative estimate of drug-likeness (QED) is 0.825. The van der Waals surface area contributed by atoms with Crippen molar-refractivity contribution in [3.05, 3.63) is 24.0 Å². The third-order valence-electron chi connectivity index (χ3n) is 3.36. The van der Waals surface area contributed by atoms with Gasteiger partial charge in [0.2, 0.25) is 0 Å². The normalized spacial score (nSPS) is 14.4. The van der Waals surface area contributed by atoms with Crippen LogP contribution in [0, 0.1) is 11.3 Å². The van der Waals surface area contributed by atoms with Gasteiger partial charge < -0.3 is 10.2 Å². The summed E-state index contributed by atoms with van der Waals surface area (Å²) in [6.45, 7) is 1.96. The maximum Gasteiger partial charge on any atom is 0.257 e. The predicted molar refractivity (Wildman–Crippen MR) is 72.4 cm³/mol. The summed E-state index contributed by atoms with van der Waals surface area (Å²) in [5.74, 6) is 0.539. The van der Waals surface area contributed by atoms with E-state index in [4.69, 9.17) is 5.26 Å². The van der Waals surface area contributed by atoms with Gasteiger partial charge in [0.25, 0.3) is 5.91 Å². The highest BCUT2D eigenvalue weighted by molar-refractivity contribution is 5.99. The largest absolute Gasteiger partial charge is 0.357 e. The van der Waals surface area contributed by atoms with Crippen molar-refractivity contribution in [2.75, 3.05) is 24.5 Å². The molecule has 0 aliphatic carbocycles. The zero-order valence-electron chi connectivity index (χ0n) is 10.9. The maximum atomic E-state index is 11.9. The van der Waals surface area contributed by atoms with Crippen LogP contribution in [0.3, 0.4) is 0 Å². The number of aromatic nitrogens is 3. The summed E-state index contributed by atoms with van der Waals surface area (Å²) < 4.78 is 1.57. The van der Waals surface area contributed by atoms with Crippen LogP contribution in [0.2, 0.25) is 0 Å². The Morgan fingerprint density at radius 3 is 3.00 bits per heavy atom. The minimum Gasteiger partial charge on any atom is -0.357 e. The van der Waals surface area contributed by atoms with Gasteiger partial charge in [-0.05, 0) is 18.9 Å². The summed E-state index contributed by atoms with van der Waals surface area (Å²) in [6.07, 6.45) is 5.61. The summed E-state index contributed by atoms with van der Waals surface area (Å²) >= 11 is 0. The Bertz CT molecular complexity index is 680. The second kappa shape index (κ2) is 5.17. The average Bonchev–Trinajstić information content (AvgIpc) is 3.12. The van der Waals surface area contributed by atoms with Gasteiger partial charge in [-0.1, -0.05) is 0 Å². The van der Waals surface area contributed by atoms with Crippen molar-refractivity contribution in [3.8, 4) is 6.07 Å². The number of hydrogen-bond donors (Lipinski definition) is 1. The van der Waals surface area contributed by atoms with Crippen LogP contribution in [0.5, 0.6) is 0 Å². The first-order valence-corrected chi connectivity index (χ1v) is 6.54. The van der Waals surface area contributed by atoms with E-state index in [1.807, 2.05) is 12.1 Å². The highest BCUT2D eigenvalue weighted by atomic mass is 16.1. The molecular weight excluding hydrogens is 256 g/mol. The Morgan fingerprint density at radius 1 is 1.45 bits per heavy atom. The lowest BCUT2D eigenvalue weighted by atomic mass is 10.3. The van der Waals surface area contributed by atoms with E-state index in [1.54, 1.807) is 10.7 Å². The molecule has 0 spiro atoms. The number of nitrogens with zero attached hydrogens (tertiary/aromatic N) is 5. The van der Waals surface area contributed by atoms with Crippen LogP contribution in [0.1, 0.15) is 23.2 Å². The Hall–Kier alpha value is -2.62. The van der Waals surface area contributed by atoms with Gasteiger partial charge in [0, 0.05) is 19.3 Å². The first-order valence-electron chi connectivity index (χ1n) is 6.54. The molecule has 1 aliphatic heterocycles. The van der Waals surface area contributed by atoms with Crippen molar-refractivity contribution in [1.29, 1.82) is 5.26 Å². The fraction of sp³-hybridized carbons (Fsp3) is 0.385. The van der Waals surface area contributed by atoms with E-state index in [9.17, 15) is 4.79 Å². The SMILES string of the molecule is N#CCNC(=O)c1cnn2ccc(N3CCCC3)nc12. The second-order valence-electron chi connectivity index (χ2n) is 4.65. The molecule has 0 atom stereocenters. The van der Waals surface area contributed by atoms with Gasteiger partial charge in [-0.2, -0.15) is 10.4 Å². The number of rotatable bonds is 3.